The third-order valence-electron chi connectivity index (χ3n) is 15.7. The third-order valence-corrected chi connectivity index (χ3v) is 15.7. The second kappa shape index (κ2) is 15.5. The van der Waals surface area contributed by atoms with Crippen LogP contribution in [-0.4, -0.2) is 0 Å². The number of fused-ring (bicyclic) bond motifs is 15. The van der Waals surface area contributed by atoms with E-state index in [0.29, 0.717) is 0 Å². The molecule has 1 nitrogen and oxygen atoms in total. The van der Waals surface area contributed by atoms with Gasteiger partial charge in [0.25, 0.3) is 0 Å². The van der Waals surface area contributed by atoms with Crippen molar-refractivity contribution in [2.75, 3.05) is 4.90 Å². The van der Waals surface area contributed by atoms with Crippen molar-refractivity contribution < 1.29 is 0 Å². The minimum absolute atomic E-state index is 0.423. The van der Waals surface area contributed by atoms with E-state index in [-0.39, 0.29) is 0 Å². The Morgan fingerprint density at radius 3 is 1.23 bits per heavy atom. The Hall–Kier alpha value is -8.52. The summed E-state index contributed by atoms with van der Waals surface area (Å²) in [6.45, 7) is 0. The maximum absolute atomic E-state index is 2.54. The van der Waals surface area contributed by atoms with Gasteiger partial charge >= 0.3 is 0 Å². The molecule has 324 valence electrons. The average Bonchev–Trinajstić information content (AvgIpc) is 3.89. The van der Waals surface area contributed by atoms with Gasteiger partial charge in [0.2, 0.25) is 0 Å². The van der Waals surface area contributed by atoms with E-state index >= 15 is 0 Å². The van der Waals surface area contributed by atoms with E-state index in [1.54, 1.807) is 0 Å². The van der Waals surface area contributed by atoms with E-state index in [0.717, 1.165) is 29.9 Å². The molecule has 0 aromatic heterocycles. The van der Waals surface area contributed by atoms with E-state index in [2.05, 4.69) is 266 Å². The highest BCUT2D eigenvalue weighted by Crippen LogP contribution is 2.68. The van der Waals surface area contributed by atoms with Gasteiger partial charge in [-0.25, -0.2) is 0 Å². The lowest BCUT2D eigenvalue weighted by atomic mass is 9.51. The van der Waals surface area contributed by atoms with Gasteiger partial charge in [0.05, 0.1) is 10.8 Å². The summed E-state index contributed by atoms with van der Waals surface area (Å²) in [4.78, 5) is 2.39. The Morgan fingerprint density at radius 1 is 0.275 bits per heavy atom. The maximum atomic E-state index is 2.54. The number of rotatable bonds is 6. The van der Waals surface area contributed by atoms with Crippen LogP contribution in [-0.2, 0) is 10.8 Å². The van der Waals surface area contributed by atoms with Crippen LogP contribution in [0.4, 0.5) is 17.1 Å². The quantitative estimate of drug-likeness (QED) is 0.161. The number of allylic oxidation sites excluding steroid dienone is 4. The molecule has 4 aliphatic carbocycles. The van der Waals surface area contributed by atoms with Crippen molar-refractivity contribution in [3.05, 3.63) is 317 Å². The molecule has 2 spiro atoms. The first-order valence-corrected chi connectivity index (χ1v) is 24.4. The molecule has 4 aliphatic rings. The lowest BCUT2D eigenvalue weighted by molar-refractivity contribution is 0.606. The number of hydrogen-bond donors (Lipinski definition) is 0. The maximum Gasteiger partial charge on any atom is 0.0719 e. The van der Waals surface area contributed by atoms with Gasteiger partial charge in [-0.15, -0.1) is 0 Å². The van der Waals surface area contributed by atoms with Crippen LogP contribution < -0.4 is 4.90 Å². The first-order chi connectivity index (χ1) is 34.2. The summed E-state index contributed by atoms with van der Waals surface area (Å²) in [5.41, 5.74) is 26.6. The van der Waals surface area contributed by atoms with E-state index in [9.17, 15) is 0 Å². The highest BCUT2D eigenvalue weighted by Gasteiger charge is 2.59. The van der Waals surface area contributed by atoms with Crippen LogP contribution in [0.1, 0.15) is 62.9 Å². The topological polar surface area (TPSA) is 3.24 Å². The van der Waals surface area contributed by atoms with Gasteiger partial charge in [-0.3, -0.25) is 0 Å². The molecule has 1 heteroatoms. The highest BCUT2D eigenvalue weighted by atomic mass is 15.1. The summed E-state index contributed by atoms with van der Waals surface area (Å²) in [7, 11) is 0. The summed E-state index contributed by atoms with van der Waals surface area (Å²) in [6.07, 6.45) is 4.46. The number of benzene rings is 10. The normalized spacial score (nSPS) is 15.1. The van der Waals surface area contributed by atoms with Gasteiger partial charge in [0.1, 0.15) is 0 Å². The molecule has 0 unspecified atom stereocenters. The van der Waals surface area contributed by atoms with Crippen LogP contribution >= 0.6 is 0 Å². The van der Waals surface area contributed by atoms with E-state index in [1.165, 1.54) is 100 Å². The van der Waals surface area contributed by atoms with Crippen LogP contribution in [0.25, 0.3) is 44.5 Å². The summed E-state index contributed by atoms with van der Waals surface area (Å²) >= 11 is 0. The van der Waals surface area contributed by atoms with Crippen molar-refractivity contribution >= 4 is 28.2 Å². The monoisotopic (exact) mass is 877 g/mol. The predicted octanol–water partition coefficient (Wildman–Crippen LogP) is 17.1. The lowest BCUT2D eigenvalue weighted by Gasteiger charge is -2.49. The van der Waals surface area contributed by atoms with Crippen molar-refractivity contribution in [2.24, 2.45) is 0 Å². The Kier molecular flexibility index (Phi) is 8.91. The molecule has 10 aromatic rings. The minimum atomic E-state index is -0.429. The minimum Gasteiger partial charge on any atom is -0.310 e. The molecule has 0 atom stereocenters. The Balaban J connectivity index is 0.901. The van der Waals surface area contributed by atoms with Crippen LogP contribution in [0.2, 0.25) is 0 Å². The van der Waals surface area contributed by atoms with E-state index < -0.39 is 10.8 Å². The molecule has 14 rings (SSSR count). The van der Waals surface area contributed by atoms with Crippen molar-refractivity contribution in [1.82, 2.24) is 0 Å². The molecule has 69 heavy (non-hydrogen) atoms. The zero-order chi connectivity index (χ0) is 45.5. The SMILES string of the molecule is C1=C(c2ccc(N(c3ccc(-c4ccccc4)cc3)c3cccc(-c4ccccc4)c3)cc2)CCC2=C1c1ccccc1C21c2ccccc2C2(c3ccccc3-c3ccccc32)c2ccccc21. The van der Waals surface area contributed by atoms with Gasteiger partial charge in [-0.1, -0.05) is 224 Å². The zero-order valence-electron chi connectivity index (χ0n) is 38.2. The average molecular weight is 878 g/mol. The fourth-order valence-electron chi connectivity index (χ4n) is 12.9. The van der Waals surface area contributed by atoms with Crippen LogP contribution in [0.15, 0.2) is 266 Å². The van der Waals surface area contributed by atoms with Gasteiger partial charge < -0.3 is 4.90 Å². The summed E-state index contributed by atoms with van der Waals surface area (Å²) in [6, 6.07) is 95.0. The molecule has 0 heterocycles. The standard InChI is InChI=1S/C68H47N/c1-3-18-46(19-4-1)48-34-39-52(40-35-48)69(54-23-17-22-50(44-54)47-20-5-2-6-21-47)53-41-36-49(37-42-53)51-38-43-62-58(45-51)57-26-9-12-29-61(57)68(62)65-32-15-13-30-63(65)67(64-31-14-16-33-66(64)68)59-27-10-7-24-55(59)56-25-8-11-28-60(56)67/h1-37,39-42,44-45H,38,43H2. The summed E-state index contributed by atoms with van der Waals surface area (Å²) < 4.78 is 0. The van der Waals surface area contributed by atoms with Crippen LogP contribution in [0.3, 0.4) is 0 Å². The number of anilines is 3. The Labute approximate surface area is 404 Å². The summed E-state index contributed by atoms with van der Waals surface area (Å²) in [5.74, 6) is 0. The first kappa shape index (κ1) is 39.6. The second-order valence-corrected chi connectivity index (χ2v) is 19.0. The Bertz CT molecular complexity index is 3610. The summed E-state index contributed by atoms with van der Waals surface area (Å²) in [5, 5.41) is 0. The predicted molar refractivity (Wildman–Crippen MR) is 286 cm³/mol. The molecule has 0 radical (unpaired) electrons. The molecule has 0 saturated heterocycles. The van der Waals surface area contributed by atoms with E-state index in [1.807, 2.05) is 0 Å². The van der Waals surface area contributed by atoms with Crippen molar-refractivity contribution in [1.29, 1.82) is 0 Å². The first-order valence-electron chi connectivity index (χ1n) is 24.4. The fraction of sp³-hybridized carbons (Fsp3) is 0.0588. The molecule has 0 bridgehead atoms. The van der Waals surface area contributed by atoms with Crippen LogP contribution in [0, 0.1) is 0 Å². The molecule has 0 aliphatic heterocycles. The van der Waals surface area contributed by atoms with Crippen molar-refractivity contribution in [3.63, 3.8) is 0 Å². The molecule has 0 fully saturated rings. The van der Waals surface area contributed by atoms with Gasteiger partial charge in [-0.05, 0) is 149 Å². The van der Waals surface area contributed by atoms with Gasteiger partial charge in [0.15, 0.2) is 0 Å². The van der Waals surface area contributed by atoms with Gasteiger partial charge in [-0.2, -0.15) is 0 Å². The third kappa shape index (κ3) is 5.71. The molecular weight excluding hydrogens is 831 g/mol. The zero-order valence-corrected chi connectivity index (χ0v) is 38.2. The molecule has 0 N–H and O–H groups in total. The smallest absolute Gasteiger partial charge is 0.0719 e. The molecule has 0 saturated carbocycles. The fourth-order valence-corrected chi connectivity index (χ4v) is 12.9. The highest BCUT2D eigenvalue weighted by molar-refractivity contribution is 5.99. The second-order valence-electron chi connectivity index (χ2n) is 19.0. The molecule has 10 aromatic carbocycles. The van der Waals surface area contributed by atoms with E-state index in [4.69, 9.17) is 0 Å². The number of hydrogen-bond acceptors (Lipinski definition) is 1. The van der Waals surface area contributed by atoms with Crippen molar-refractivity contribution in [2.45, 2.75) is 23.7 Å². The Morgan fingerprint density at radius 2 is 0.681 bits per heavy atom. The molecule has 0 amide bonds. The van der Waals surface area contributed by atoms with Crippen molar-refractivity contribution in [3.8, 4) is 33.4 Å². The van der Waals surface area contributed by atoms with Crippen LogP contribution in [0.5, 0.6) is 0 Å². The lowest BCUT2D eigenvalue weighted by Crippen LogP contribution is -2.44. The largest absolute Gasteiger partial charge is 0.310 e. The number of nitrogens with zero attached hydrogens (tertiary/aromatic N) is 1. The molecular formula is C68H47N. The van der Waals surface area contributed by atoms with Gasteiger partial charge in [0, 0.05) is 17.1 Å².